The van der Waals surface area contributed by atoms with Crippen molar-refractivity contribution in [2.45, 2.75) is 13.8 Å². The molecule has 4 heteroatoms. The number of carbonyl (C=O) groups is 1. The van der Waals surface area contributed by atoms with Crippen molar-refractivity contribution in [2.24, 2.45) is 5.90 Å². The van der Waals surface area contributed by atoms with Gasteiger partial charge in [-0.25, -0.2) is 5.90 Å². The largest absolute Gasteiger partial charge is 0.324 e. The second kappa shape index (κ2) is 8.22. The number of amides is 1. The third-order valence-corrected chi connectivity index (χ3v) is 1.27. The number of hydrogen-bond acceptors (Lipinski definition) is 3. The van der Waals surface area contributed by atoms with Gasteiger partial charge < -0.3 is 5.32 Å². The van der Waals surface area contributed by atoms with Gasteiger partial charge >= 0.3 is 0 Å². The smallest absolute Gasteiger partial charge is 0.252 e. The Kier molecular flexibility index (Phi) is 7.40. The van der Waals surface area contributed by atoms with E-state index in [1.54, 1.807) is 12.1 Å². The molecule has 0 saturated carbocycles. The van der Waals surface area contributed by atoms with Crippen molar-refractivity contribution in [1.29, 1.82) is 0 Å². The molecule has 0 heterocycles. The van der Waals surface area contributed by atoms with E-state index in [1.165, 1.54) is 0 Å². The van der Waals surface area contributed by atoms with E-state index in [4.69, 9.17) is 5.90 Å². The van der Waals surface area contributed by atoms with Crippen LogP contribution in [-0.2, 0) is 9.63 Å². The summed E-state index contributed by atoms with van der Waals surface area (Å²) in [6, 6.07) is 9.11. The summed E-state index contributed by atoms with van der Waals surface area (Å²) in [6.45, 7) is 3.87. The van der Waals surface area contributed by atoms with E-state index in [9.17, 15) is 4.79 Å². The number of nitrogens with two attached hydrogens (primary N) is 1. The zero-order valence-electron chi connectivity index (χ0n) is 8.49. The van der Waals surface area contributed by atoms with Crippen molar-refractivity contribution in [1.82, 2.24) is 0 Å². The number of para-hydroxylation sites is 1. The Morgan fingerprint density at radius 3 is 2.43 bits per heavy atom. The van der Waals surface area contributed by atoms with Gasteiger partial charge in [0.25, 0.3) is 5.91 Å². The average molecular weight is 196 g/mol. The second-order valence-electron chi connectivity index (χ2n) is 2.23. The van der Waals surface area contributed by atoms with Gasteiger partial charge in [0, 0.05) is 5.69 Å². The lowest BCUT2D eigenvalue weighted by atomic mass is 10.3. The number of carbonyl (C=O) groups excluding carboxylic acids is 1. The highest BCUT2D eigenvalue weighted by Gasteiger charge is 1.99. The molecule has 0 aliphatic heterocycles. The van der Waals surface area contributed by atoms with Crippen molar-refractivity contribution >= 4 is 11.6 Å². The van der Waals surface area contributed by atoms with Gasteiger partial charge in [-0.15, -0.1) is 0 Å². The van der Waals surface area contributed by atoms with E-state index in [0.717, 1.165) is 5.69 Å². The van der Waals surface area contributed by atoms with Gasteiger partial charge in [0.05, 0.1) is 0 Å². The van der Waals surface area contributed by atoms with Crippen molar-refractivity contribution in [3.05, 3.63) is 30.3 Å². The van der Waals surface area contributed by atoms with Gasteiger partial charge in [-0.05, 0) is 12.1 Å². The first kappa shape index (κ1) is 12.6. The van der Waals surface area contributed by atoms with Crippen LogP contribution in [0.15, 0.2) is 30.3 Å². The summed E-state index contributed by atoms with van der Waals surface area (Å²) < 4.78 is 0. The molecule has 1 rings (SSSR count). The van der Waals surface area contributed by atoms with Gasteiger partial charge in [0.1, 0.15) is 6.61 Å². The molecule has 0 aromatic heterocycles. The summed E-state index contributed by atoms with van der Waals surface area (Å²) in [5.74, 6) is 4.46. The van der Waals surface area contributed by atoms with E-state index in [-0.39, 0.29) is 12.5 Å². The fraction of sp³-hybridized carbons (Fsp3) is 0.300. The zero-order chi connectivity index (χ0) is 10.8. The molecule has 0 atom stereocenters. The highest BCUT2D eigenvalue weighted by molar-refractivity contribution is 5.91. The van der Waals surface area contributed by atoms with Crippen LogP contribution in [-0.4, -0.2) is 12.5 Å². The summed E-state index contributed by atoms with van der Waals surface area (Å²) in [5, 5.41) is 2.60. The average Bonchev–Trinajstić information content (AvgIpc) is 2.22. The topological polar surface area (TPSA) is 64.3 Å². The molecular formula is C10H16N2O2. The van der Waals surface area contributed by atoms with Crippen LogP contribution in [0.4, 0.5) is 5.69 Å². The van der Waals surface area contributed by atoms with E-state index < -0.39 is 0 Å². The summed E-state index contributed by atoms with van der Waals surface area (Å²) >= 11 is 0. The Balaban J connectivity index is 0.000000791. The Morgan fingerprint density at radius 1 is 1.36 bits per heavy atom. The Bertz CT molecular complexity index is 250. The Hall–Kier alpha value is -1.39. The molecule has 0 saturated heterocycles. The molecule has 0 unspecified atom stereocenters. The summed E-state index contributed by atoms with van der Waals surface area (Å²) in [4.78, 5) is 15.1. The van der Waals surface area contributed by atoms with Crippen LogP contribution in [0, 0.1) is 0 Å². The molecule has 0 spiro atoms. The number of hydrogen-bond donors (Lipinski definition) is 2. The molecular weight excluding hydrogens is 180 g/mol. The maximum atomic E-state index is 10.9. The van der Waals surface area contributed by atoms with E-state index in [2.05, 4.69) is 10.2 Å². The molecule has 1 aromatic rings. The Morgan fingerprint density at radius 2 is 1.93 bits per heavy atom. The summed E-state index contributed by atoms with van der Waals surface area (Å²) in [7, 11) is 0. The first-order chi connectivity index (χ1) is 6.83. The predicted octanol–water partition coefficient (Wildman–Crippen LogP) is 1.54. The van der Waals surface area contributed by atoms with Crippen LogP contribution >= 0.6 is 0 Å². The maximum Gasteiger partial charge on any atom is 0.252 e. The molecule has 14 heavy (non-hydrogen) atoms. The summed E-state index contributed by atoms with van der Waals surface area (Å²) in [6.07, 6.45) is 0. The normalized spacial score (nSPS) is 8.50. The van der Waals surface area contributed by atoms with Gasteiger partial charge in [-0.2, -0.15) is 0 Å². The lowest BCUT2D eigenvalue weighted by Crippen LogP contribution is -2.20. The van der Waals surface area contributed by atoms with Gasteiger partial charge in [-0.3, -0.25) is 9.63 Å². The molecule has 0 bridgehead atoms. The maximum absolute atomic E-state index is 10.9. The molecule has 1 aromatic carbocycles. The van der Waals surface area contributed by atoms with Crippen LogP contribution in [0.2, 0.25) is 0 Å². The minimum atomic E-state index is -0.260. The van der Waals surface area contributed by atoms with Crippen molar-refractivity contribution in [3.8, 4) is 0 Å². The molecule has 78 valence electrons. The molecule has 0 radical (unpaired) electrons. The van der Waals surface area contributed by atoms with E-state index in [0.29, 0.717) is 0 Å². The number of nitrogens with one attached hydrogen (secondary N) is 1. The molecule has 3 N–H and O–H groups in total. The molecule has 0 fully saturated rings. The van der Waals surface area contributed by atoms with E-state index >= 15 is 0 Å². The third kappa shape index (κ3) is 5.29. The molecule has 0 aliphatic carbocycles. The van der Waals surface area contributed by atoms with Crippen LogP contribution in [0.5, 0.6) is 0 Å². The fourth-order valence-corrected chi connectivity index (χ4v) is 0.794. The number of benzene rings is 1. The number of rotatable bonds is 3. The molecule has 0 aliphatic rings. The highest BCUT2D eigenvalue weighted by Crippen LogP contribution is 2.03. The minimum Gasteiger partial charge on any atom is -0.324 e. The van der Waals surface area contributed by atoms with Crippen LogP contribution in [0.3, 0.4) is 0 Å². The minimum absolute atomic E-state index is 0.130. The van der Waals surface area contributed by atoms with Gasteiger partial charge in [-0.1, -0.05) is 32.0 Å². The summed E-state index contributed by atoms with van der Waals surface area (Å²) in [5.41, 5.74) is 0.736. The van der Waals surface area contributed by atoms with Crippen molar-refractivity contribution < 1.29 is 9.63 Å². The highest BCUT2D eigenvalue weighted by atomic mass is 16.6. The van der Waals surface area contributed by atoms with Gasteiger partial charge in [0.2, 0.25) is 0 Å². The molecule has 1 amide bonds. The van der Waals surface area contributed by atoms with Crippen LogP contribution in [0.1, 0.15) is 13.8 Å². The zero-order valence-corrected chi connectivity index (χ0v) is 8.49. The predicted molar refractivity (Wildman–Crippen MR) is 56.6 cm³/mol. The Labute approximate surface area is 84.0 Å². The first-order valence-corrected chi connectivity index (χ1v) is 4.49. The van der Waals surface area contributed by atoms with Crippen molar-refractivity contribution in [2.75, 3.05) is 11.9 Å². The number of anilines is 1. The van der Waals surface area contributed by atoms with Crippen molar-refractivity contribution in [3.63, 3.8) is 0 Å². The lowest BCUT2D eigenvalue weighted by molar-refractivity contribution is -0.120. The van der Waals surface area contributed by atoms with E-state index in [1.807, 2.05) is 32.0 Å². The first-order valence-electron chi connectivity index (χ1n) is 4.49. The fourth-order valence-electron chi connectivity index (χ4n) is 0.794. The van der Waals surface area contributed by atoms with Crippen LogP contribution < -0.4 is 11.2 Å². The SMILES string of the molecule is CC.NOCC(=O)Nc1ccccc1. The monoisotopic (exact) mass is 196 g/mol. The third-order valence-electron chi connectivity index (χ3n) is 1.27. The van der Waals surface area contributed by atoms with Gasteiger partial charge in [0.15, 0.2) is 0 Å². The lowest BCUT2D eigenvalue weighted by Gasteiger charge is -2.02. The quantitative estimate of drug-likeness (QED) is 0.721. The second-order valence-corrected chi connectivity index (χ2v) is 2.23. The molecule has 4 nitrogen and oxygen atoms in total. The standard InChI is InChI=1S/C8H10N2O2.C2H6/c9-12-6-8(11)10-7-4-2-1-3-5-7;1-2/h1-5H,6,9H2,(H,10,11);1-2H3. The van der Waals surface area contributed by atoms with Crippen LogP contribution in [0.25, 0.3) is 0 Å².